The molecule has 2 aromatic heterocycles. The molecule has 108 valence electrons. The van der Waals surface area contributed by atoms with Gasteiger partial charge in [-0.1, -0.05) is 11.6 Å². The number of halogens is 1. The number of hydrogen-bond acceptors (Lipinski definition) is 5. The van der Waals surface area contributed by atoms with E-state index in [1.54, 1.807) is 16.6 Å². The van der Waals surface area contributed by atoms with Gasteiger partial charge in [0, 0.05) is 16.6 Å². The zero-order chi connectivity index (χ0) is 15.1. The van der Waals surface area contributed by atoms with Gasteiger partial charge in [-0.05, 0) is 37.1 Å². The molecule has 0 bridgehead atoms. The number of nitrogens with zero attached hydrogens (tertiary/aromatic N) is 5. The van der Waals surface area contributed by atoms with Crippen molar-refractivity contribution in [2.24, 2.45) is 0 Å². The molecule has 1 fully saturated rings. The lowest BCUT2D eigenvalue weighted by Crippen LogP contribution is -2.09. The number of nitrogens with one attached hydrogen (secondary N) is 1. The third-order valence-electron chi connectivity index (χ3n) is 3.50. The summed E-state index contributed by atoms with van der Waals surface area (Å²) in [5.74, 6) is 1.16. The van der Waals surface area contributed by atoms with Crippen molar-refractivity contribution in [1.82, 2.24) is 19.6 Å². The van der Waals surface area contributed by atoms with Crippen LogP contribution in [0, 0.1) is 11.3 Å². The van der Waals surface area contributed by atoms with E-state index in [4.69, 9.17) is 11.6 Å². The summed E-state index contributed by atoms with van der Waals surface area (Å²) in [4.78, 5) is 8.97. The van der Waals surface area contributed by atoms with E-state index in [0.29, 0.717) is 34.0 Å². The van der Waals surface area contributed by atoms with Gasteiger partial charge in [0.1, 0.15) is 11.6 Å². The molecule has 6 nitrogen and oxygen atoms in total. The Morgan fingerprint density at radius 1 is 1.23 bits per heavy atom. The van der Waals surface area contributed by atoms with Crippen LogP contribution in [0.15, 0.2) is 30.5 Å². The van der Waals surface area contributed by atoms with Gasteiger partial charge < -0.3 is 5.32 Å². The van der Waals surface area contributed by atoms with Gasteiger partial charge >= 0.3 is 0 Å². The van der Waals surface area contributed by atoms with Crippen molar-refractivity contribution in [2.75, 3.05) is 5.32 Å². The van der Waals surface area contributed by atoms with Crippen molar-refractivity contribution in [2.45, 2.75) is 18.9 Å². The van der Waals surface area contributed by atoms with Crippen molar-refractivity contribution >= 4 is 23.2 Å². The molecule has 0 aliphatic heterocycles. The predicted molar refractivity (Wildman–Crippen MR) is 82.6 cm³/mol. The number of aromatic nitrogens is 4. The molecule has 1 aliphatic carbocycles. The minimum absolute atomic E-state index is 0.425. The summed E-state index contributed by atoms with van der Waals surface area (Å²) in [5, 5.41) is 17.4. The molecular weight excluding hydrogens is 300 g/mol. The van der Waals surface area contributed by atoms with E-state index in [1.165, 1.54) is 6.20 Å². The number of nitriles is 1. The van der Waals surface area contributed by atoms with E-state index < -0.39 is 0 Å². The summed E-state index contributed by atoms with van der Waals surface area (Å²) >= 11 is 5.94. The number of rotatable bonds is 3. The molecule has 0 unspecified atom stereocenters. The summed E-state index contributed by atoms with van der Waals surface area (Å²) < 4.78 is 1.58. The highest BCUT2D eigenvalue weighted by Gasteiger charge is 2.23. The molecule has 7 heteroatoms. The average molecular weight is 311 g/mol. The molecule has 1 aliphatic rings. The topological polar surface area (TPSA) is 78.9 Å². The summed E-state index contributed by atoms with van der Waals surface area (Å²) in [6, 6.07) is 9.88. The van der Waals surface area contributed by atoms with Crippen molar-refractivity contribution in [3.05, 3.63) is 41.0 Å². The van der Waals surface area contributed by atoms with Gasteiger partial charge in [-0.25, -0.2) is 0 Å². The second-order valence-electron chi connectivity index (χ2n) is 5.20. The SMILES string of the molecule is N#Cc1cnn2c(-c3ccc(Cl)cc3)nc(NC3CC3)nc12. The highest BCUT2D eigenvalue weighted by Crippen LogP contribution is 2.26. The fraction of sp³-hybridized carbons (Fsp3) is 0.200. The molecule has 0 saturated heterocycles. The normalized spacial score (nSPS) is 14.0. The van der Waals surface area contributed by atoms with E-state index >= 15 is 0 Å². The fourth-order valence-corrected chi connectivity index (χ4v) is 2.34. The lowest BCUT2D eigenvalue weighted by atomic mass is 10.2. The first-order valence-electron chi connectivity index (χ1n) is 6.93. The predicted octanol–water partition coefficient (Wildman–Crippen LogP) is 2.89. The zero-order valence-electron chi connectivity index (χ0n) is 11.5. The first-order chi connectivity index (χ1) is 10.7. The maximum absolute atomic E-state index is 9.21. The third kappa shape index (κ3) is 2.26. The Kier molecular flexibility index (Phi) is 2.94. The smallest absolute Gasteiger partial charge is 0.227 e. The lowest BCUT2D eigenvalue weighted by molar-refractivity contribution is 0.898. The molecule has 1 N–H and O–H groups in total. The molecule has 22 heavy (non-hydrogen) atoms. The molecule has 4 rings (SSSR count). The third-order valence-corrected chi connectivity index (χ3v) is 3.75. The number of benzene rings is 1. The Hall–Kier alpha value is -2.65. The average Bonchev–Trinajstić information content (AvgIpc) is 3.24. The molecule has 0 amide bonds. The summed E-state index contributed by atoms with van der Waals surface area (Å²) in [6.45, 7) is 0. The Labute approximate surface area is 131 Å². The molecule has 0 atom stereocenters. The monoisotopic (exact) mass is 310 g/mol. The van der Waals surface area contributed by atoms with Crippen LogP contribution in [-0.4, -0.2) is 25.6 Å². The molecule has 3 aromatic rings. The molecule has 0 radical (unpaired) electrons. The standard InChI is InChI=1S/C15H11ClN6/c16-11-3-1-9(2-4-11)13-20-15(19-12-5-6-12)21-14-10(7-17)8-18-22(13)14/h1-4,8,12H,5-6H2,(H,19,21). The minimum atomic E-state index is 0.425. The van der Waals surface area contributed by atoms with Crippen LogP contribution in [0.4, 0.5) is 5.95 Å². The van der Waals surface area contributed by atoms with Crippen LogP contribution in [0.5, 0.6) is 0 Å². The number of anilines is 1. The van der Waals surface area contributed by atoms with Crippen LogP contribution >= 0.6 is 11.6 Å². The maximum atomic E-state index is 9.21. The van der Waals surface area contributed by atoms with E-state index in [2.05, 4.69) is 26.5 Å². The van der Waals surface area contributed by atoms with Crippen LogP contribution in [0.3, 0.4) is 0 Å². The van der Waals surface area contributed by atoms with Crippen LogP contribution in [0.1, 0.15) is 18.4 Å². The molecular formula is C15H11ClN6. The first-order valence-corrected chi connectivity index (χ1v) is 7.31. The van der Waals surface area contributed by atoms with Crippen molar-refractivity contribution in [3.8, 4) is 17.5 Å². The van der Waals surface area contributed by atoms with Crippen LogP contribution in [-0.2, 0) is 0 Å². The maximum Gasteiger partial charge on any atom is 0.227 e. The van der Waals surface area contributed by atoms with Gasteiger partial charge in [0.25, 0.3) is 0 Å². The van der Waals surface area contributed by atoms with Crippen LogP contribution in [0.25, 0.3) is 17.0 Å². The second-order valence-corrected chi connectivity index (χ2v) is 5.64. The Bertz CT molecular complexity index is 889. The Morgan fingerprint density at radius 2 is 2.00 bits per heavy atom. The molecule has 2 heterocycles. The van der Waals surface area contributed by atoms with E-state index in [0.717, 1.165) is 18.4 Å². The van der Waals surface area contributed by atoms with Gasteiger partial charge in [-0.3, -0.25) is 0 Å². The van der Waals surface area contributed by atoms with Crippen molar-refractivity contribution < 1.29 is 0 Å². The Morgan fingerprint density at radius 3 is 2.68 bits per heavy atom. The summed E-state index contributed by atoms with van der Waals surface area (Å²) in [5.41, 5.74) is 1.80. The van der Waals surface area contributed by atoms with E-state index in [1.807, 2.05) is 12.1 Å². The second kappa shape index (κ2) is 4.97. The first kappa shape index (κ1) is 13.0. The molecule has 1 saturated carbocycles. The van der Waals surface area contributed by atoms with E-state index in [9.17, 15) is 5.26 Å². The minimum Gasteiger partial charge on any atom is -0.351 e. The van der Waals surface area contributed by atoms with Gasteiger partial charge in [0.2, 0.25) is 5.95 Å². The quantitative estimate of drug-likeness (QED) is 0.804. The number of fused-ring (bicyclic) bond motifs is 1. The van der Waals surface area contributed by atoms with Gasteiger partial charge in [-0.15, -0.1) is 0 Å². The highest BCUT2D eigenvalue weighted by molar-refractivity contribution is 6.30. The van der Waals surface area contributed by atoms with Crippen LogP contribution in [0.2, 0.25) is 5.02 Å². The van der Waals surface area contributed by atoms with Gasteiger partial charge in [-0.2, -0.15) is 24.8 Å². The Balaban J connectivity index is 1.92. The van der Waals surface area contributed by atoms with E-state index in [-0.39, 0.29) is 0 Å². The van der Waals surface area contributed by atoms with Crippen LogP contribution < -0.4 is 5.32 Å². The summed E-state index contributed by atoms with van der Waals surface area (Å²) in [7, 11) is 0. The largest absolute Gasteiger partial charge is 0.351 e. The molecule has 0 spiro atoms. The summed E-state index contributed by atoms with van der Waals surface area (Å²) in [6.07, 6.45) is 3.74. The van der Waals surface area contributed by atoms with Gasteiger partial charge in [0.15, 0.2) is 11.5 Å². The van der Waals surface area contributed by atoms with Gasteiger partial charge in [0.05, 0.1) is 6.20 Å². The lowest BCUT2D eigenvalue weighted by Gasteiger charge is -2.08. The number of hydrogen-bond donors (Lipinski definition) is 1. The van der Waals surface area contributed by atoms with Crippen molar-refractivity contribution in [1.29, 1.82) is 5.26 Å². The fourth-order valence-electron chi connectivity index (χ4n) is 2.22. The highest BCUT2D eigenvalue weighted by atomic mass is 35.5. The van der Waals surface area contributed by atoms with Crippen molar-refractivity contribution in [3.63, 3.8) is 0 Å². The molecule has 1 aromatic carbocycles. The zero-order valence-corrected chi connectivity index (χ0v) is 12.2.